The summed E-state index contributed by atoms with van der Waals surface area (Å²) < 4.78 is 5.71. The molecule has 3 rings (SSSR count). The molecule has 2 aromatic carbocycles. The molecule has 7 heteroatoms. The minimum absolute atomic E-state index is 0.0850. The lowest BCUT2D eigenvalue weighted by atomic mass is 10.1. The van der Waals surface area contributed by atoms with E-state index >= 15 is 0 Å². The van der Waals surface area contributed by atoms with Crippen LogP contribution < -0.4 is 5.73 Å². The van der Waals surface area contributed by atoms with E-state index in [0.29, 0.717) is 26.9 Å². The number of quaternary nitrogens is 1. The van der Waals surface area contributed by atoms with Crippen molar-refractivity contribution in [3.8, 4) is 0 Å². The van der Waals surface area contributed by atoms with E-state index in [2.05, 4.69) is 28.1 Å². The molecule has 0 saturated carbocycles. The zero-order valence-corrected chi connectivity index (χ0v) is 15.1. The molecule has 3 N–H and O–H groups in total. The Labute approximate surface area is 154 Å². The molecule has 1 atom stereocenters. The SMILES string of the molecule is [NH3+]C(Cc1ccccc1)c1nnc(SCc2c(Cl)cccc2Cl)o1. The van der Waals surface area contributed by atoms with E-state index in [4.69, 9.17) is 27.6 Å². The highest BCUT2D eigenvalue weighted by molar-refractivity contribution is 7.98. The fraction of sp³-hybridized carbons (Fsp3) is 0.176. The second-order valence-electron chi connectivity index (χ2n) is 5.28. The largest absolute Gasteiger partial charge is 0.410 e. The van der Waals surface area contributed by atoms with Crippen LogP contribution in [0.2, 0.25) is 10.0 Å². The zero-order chi connectivity index (χ0) is 16.9. The molecule has 0 spiro atoms. The third kappa shape index (κ3) is 4.30. The Bertz CT molecular complexity index is 790. The van der Waals surface area contributed by atoms with Crippen LogP contribution in [0.15, 0.2) is 58.2 Å². The van der Waals surface area contributed by atoms with Crippen LogP contribution in [0.25, 0.3) is 0 Å². The molecule has 0 bridgehead atoms. The lowest BCUT2D eigenvalue weighted by Gasteiger charge is -2.05. The normalized spacial score (nSPS) is 12.3. The molecule has 0 aliphatic rings. The van der Waals surface area contributed by atoms with Gasteiger partial charge in [-0.3, -0.25) is 0 Å². The van der Waals surface area contributed by atoms with Gasteiger partial charge in [0.15, 0.2) is 6.04 Å². The lowest BCUT2D eigenvalue weighted by molar-refractivity contribution is -0.431. The third-order valence-corrected chi connectivity index (χ3v) is 5.05. The lowest BCUT2D eigenvalue weighted by Crippen LogP contribution is -2.54. The maximum Gasteiger partial charge on any atom is 0.277 e. The summed E-state index contributed by atoms with van der Waals surface area (Å²) in [4.78, 5) is 0. The first-order valence-corrected chi connectivity index (χ1v) is 9.13. The Morgan fingerprint density at radius 3 is 2.42 bits per heavy atom. The van der Waals surface area contributed by atoms with Crippen LogP contribution in [0.5, 0.6) is 0 Å². The van der Waals surface area contributed by atoms with Gasteiger partial charge in [0.2, 0.25) is 0 Å². The van der Waals surface area contributed by atoms with Crippen molar-refractivity contribution in [2.24, 2.45) is 0 Å². The van der Waals surface area contributed by atoms with Crippen molar-refractivity contribution in [2.45, 2.75) is 23.4 Å². The molecule has 1 unspecified atom stereocenters. The molecule has 1 heterocycles. The molecule has 124 valence electrons. The summed E-state index contributed by atoms with van der Waals surface area (Å²) in [6, 6.07) is 15.5. The Kier molecular flexibility index (Phi) is 5.79. The summed E-state index contributed by atoms with van der Waals surface area (Å²) >= 11 is 13.7. The van der Waals surface area contributed by atoms with Gasteiger partial charge in [0.1, 0.15) is 0 Å². The van der Waals surface area contributed by atoms with Crippen molar-refractivity contribution >= 4 is 35.0 Å². The van der Waals surface area contributed by atoms with E-state index < -0.39 is 0 Å². The van der Waals surface area contributed by atoms with Gasteiger partial charge in [-0.2, -0.15) is 0 Å². The molecule has 0 fully saturated rings. The minimum atomic E-state index is -0.0850. The molecular weight excluding hydrogens is 365 g/mol. The van der Waals surface area contributed by atoms with E-state index in [9.17, 15) is 0 Å². The van der Waals surface area contributed by atoms with Gasteiger partial charge in [0.25, 0.3) is 11.1 Å². The molecule has 0 aliphatic carbocycles. The fourth-order valence-electron chi connectivity index (χ4n) is 2.23. The van der Waals surface area contributed by atoms with Crippen molar-refractivity contribution in [1.29, 1.82) is 0 Å². The topological polar surface area (TPSA) is 66.6 Å². The number of aromatic nitrogens is 2. The minimum Gasteiger partial charge on any atom is -0.410 e. The van der Waals surface area contributed by atoms with Gasteiger partial charge in [-0.05, 0) is 23.3 Å². The van der Waals surface area contributed by atoms with E-state index in [1.54, 1.807) is 0 Å². The van der Waals surface area contributed by atoms with Gasteiger partial charge in [-0.1, -0.05) is 71.4 Å². The summed E-state index contributed by atoms with van der Waals surface area (Å²) in [7, 11) is 0. The van der Waals surface area contributed by atoms with Crippen LogP contribution in [0.1, 0.15) is 23.1 Å². The fourth-order valence-corrected chi connectivity index (χ4v) is 3.74. The second kappa shape index (κ2) is 8.03. The molecule has 1 aromatic heterocycles. The Balaban J connectivity index is 1.63. The zero-order valence-electron chi connectivity index (χ0n) is 12.8. The predicted molar refractivity (Wildman–Crippen MR) is 96.1 cm³/mol. The first-order valence-electron chi connectivity index (χ1n) is 7.39. The maximum absolute atomic E-state index is 6.17. The Hall–Kier alpha value is -1.53. The van der Waals surface area contributed by atoms with Crippen molar-refractivity contribution in [2.75, 3.05) is 0 Å². The highest BCUT2D eigenvalue weighted by atomic mass is 35.5. The average Bonchev–Trinajstić information content (AvgIpc) is 3.04. The number of nitrogens with zero attached hydrogens (tertiary/aromatic N) is 2. The van der Waals surface area contributed by atoms with Crippen molar-refractivity contribution in [3.63, 3.8) is 0 Å². The average molecular weight is 381 g/mol. The summed E-state index contributed by atoms with van der Waals surface area (Å²) in [6.45, 7) is 0. The first-order chi connectivity index (χ1) is 11.6. The van der Waals surface area contributed by atoms with Crippen LogP contribution in [-0.4, -0.2) is 10.2 Å². The van der Waals surface area contributed by atoms with Gasteiger partial charge in [0.05, 0.1) is 0 Å². The number of hydrogen-bond acceptors (Lipinski definition) is 4. The Morgan fingerprint density at radius 1 is 1.00 bits per heavy atom. The molecule has 0 aliphatic heterocycles. The van der Waals surface area contributed by atoms with Gasteiger partial charge in [-0.25, -0.2) is 0 Å². The highest BCUT2D eigenvalue weighted by Gasteiger charge is 2.19. The van der Waals surface area contributed by atoms with Crippen LogP contribution in [-0.2, 0) is 12.2 Å². The quantitative estimate of drug-likeness (QED) is 0.650. The van der Waals surface area contributed by atoms with Gasteiger partial charge >= 0.3 is 0 Å². The smallest absolute Gasteiger partial charge is 0.277 e. The third-order valence-electron chi connectivity index (χ3n) is 3.50. The van der Waals surface area contributed by atoms with Gasteiger partial charge in [-0.15, -0.1) is 10.2 Å². The molecule has 0 radical (unpaired) electrons. The molecule has 0 saturated heterocycles. The second-order valence-corrected chi connectivity index (χ2v) is 7.02. The van der Waals surface area contributed by atoms with Crippen molar-refractivity contribution < 1.29 is 10.2 Å². The van der Waals surface area contributed by atoms with E-state index in [1.807, 2.05) is 36.4 Å². The summed E-state index contributed by atoms with van der Waals surface area (Å²) in [5, 5.41) is 9.93. The van der Waals surface area contributed by atoms with Crippen molar-refractivity contribution in [1.82, 2.24) is 10.2 Å². The van der Waals surface area contributed by atoms with Crippen LogP contribution >= 0.6 is 35.0 Å². The van der Waals surface area contributed by atoms with E-state index in [-0.39, 0.29) is 6.04 Å². The molecular formula is C17H16Cl2N3OS+. The van der Waals surface area contributed by atoms with Gasteiger partial charge in [0, 0.05) is 22.2 Å². The predicted octanol–water partition coefficient (Wildman–Crippen LogP) is 4.19. The van der Waals surface area contributed by atoms with E-state index in [1.165, 1.54) is 17.3 Å². The van der Waals surface area contributed by atoms with Crippen LogP contribution in [0, 0.1) is 0 Å². The maximum atomic E-state index is 6.17. The summed E-state index contributed by atoms with van der Waals surface area (Å²) in [5.74, 6) is 1.10. The molecule has 24 heavy (non-hydrogen) atoms. The van der Waals surface area contributed by atoms with Crippen LogP contribution in [0.3, 0.4) is 0 Å². The number of thioether (sulfide) groups is 1. The number of benzene rings is 2. The Morgan fingerprint density at radius 2 is 1.71 bits per heavy atom. The number of hydrogen-bond donors (Lipinski definition) is 1. The molecule has 3 aromatic rings. The highest BCUT2D eigenvalue weighted by Crippen LogP contribution is 2.31. The number of halogens is 2. The monoisotopic (exact) mass is 380 g/mol. The molecule has 4 nitrogen and oxygen atoms in total. The standard InChI is InChI=1S/C17H15Cl2N3OS/c18-13-7-4-8-14(19)12(13)10-24-17-22-21-16(23-17)15(20)9-11-5-2-1-3-6-11/h1-8,15H,9-10,20H2/p+1. The van der Waals surface area contributed by atoms with Crippen molar-refractivity contribution in [3.05, 3.63) is 75.6 Å². The van der Waals surface area contributed by atoms with E-state index in [0.717, 1.165) is 12.0 Å². The molecule has 0 amide bonds. The number of rotatable bonds is 6. The van der Waals surface area contributed by atoms with Gasteiger partial charge < -0.3 is 10.2 Å². The summed E-state index contributed by atoms with van der Waals surface area (Å²) in [5.41, 5.74) is 6.17. The first kappa shape index (κ1) is 17.3. The van der Waals surface area contributed by atoms with Crippen LogP contribution in [0.4, 0.5) is 0 Å². The summed E-state index contributed by atoms with van der Waals surface area (Å²) in [6.07, 6.45) is 0.753.